The van der Waals surface area contributed by atoms with Crippen molar-refractivity contribution in [3.05, 3.63) is 102 Å². The Morgan fingerprint density at radius 1 is 0.879 bits per heavy atom. The maximum Gasteiger partial charge on any atom is 0.336 e. The number of ether oxygens (including phenoxy) is 2. The molecule has 3 rings (SSSR count). The number of nitrogens with zero attached hydrogens (tertiary/aromatic N) is 1. The van der Waals surface area contributed by atoms with Crippen molar-refractivity contribution in [1.29, 1.82) is 0 Å². The third-order valence-corrected chi connectivity index (χ3v) is 4.57. The van der Waals surface area contributed by atoms with Crippen LogP contribution in [0.4, 0.5) is 0 Å². The second kappa shape index (κ2) is 12.6. The standard InChI is InChI=1S/C27H26N2O4/c1-2-3-19-32-24-16-12-23(13-17-24)27(31)29-28-20-22-9-14-25(15-10-22)33-26(30)18-11-21-7-5-4-6-8-21/h4-18,20H,2-3,19H2,1H3,(H,29,31). The summed E-state index contributed by atoms with van der Waals surface area (Å²) in [4.78, 5) is 24.2. The van der Waals surface area contributed by atoms with Gasteiger partial charge in [0, 0.05) is 11.6 Å². The van der Waals surface area contributed by atoms with E-state index in [9.17, 15) is 9.59 Å². The lowest BCUT2D eigenvalue weighted by Gasteiger charge is -2.06. The Morgan fingerprint density at radius 3 is 2.27 bits per heavy atom. The molecule has 0 bridgehead atoms. The van der Waals surface area contributed by atoms with Crippen LogP contribution in [0.25, 0.3) is 6.08 Å². The second-order valence-electron chi connectivity index (χ2n) is 7.16. The van der Waals surface area contributed by atoms with Gasteiger partial charge in [0.15, 0.2) is 0 Å². The zero-order valence-electron chi connectivity index (χ0n) is 18.4. The first-order chi connectivity index (χ1) is 16.1. The first kappa shape index (κ1) is 23.5. The van der Waals surface area contributed by atoms with Gasteiger partial charge in [0.05, 0.1) is 12.8 Å². The van der Waals surface area contributed by atoms with Crippen molar-refractivity contribution in [2.45, 2.75) is 19.8 Å². The van der Waals surface area contributed by atoms with Crippen molar-refractivity contribution in [1.82, 2.24) is 5.43 Å². The van der Waals surface area contributed by atoms with E-state index >= 15 is 0 Å². The van der Waals surface area contributed by atoms with Crippen LogP contribution in [0.1, 0.15) is 41.3 Å². The molecule has 6 nitrogen and oxygen atoms in total. The molecule has 1 amide bonds. The summed E-state index contributed by atoms with van der Waals surface area (Å²) < 4.78 is 10.9. The first-order valence-electron chi connectivity index (χ1n) is 10.8. The van der Waals surface area contributed by atoms with Gasteiger partial charge in [0.1, 0.15) is 11.5 Å². The number of hydrogen-bond donors (Lipinski definition) is 1. The van der Waals surface area contributed by atoms with Crippen LogP contribution in [0, 0.1) is 0 Å². The summed E-state index contributed by atoms with van der Waals surface area (Å²) in [5.74, 6) is 0.372. The Kier molecular flexibility index (Phi) is 8.97. The lowest BCUT2D eigenvalue weighted by molar-refractivity contribution is -0.128. The van der Waals surface area contributed by atoms with E-state index in [-0.39, 0.29) is 5.91 Å². The van der Waals surface area contributed by atoms with Crippen LogP contribution in [0.3, 0.4) is 0 Å². The molecule has 0 aliphatic carbocycles. The third kappa shape index (κ3) is 8.10. The van der Waals surface area contributed by atoms with Crippen molar-refractivity contribution >= 4 is 24.2 Å². The highest BCUT2D eigenvalue weighted by molar-refractivity contribution is 5.95. The summed E-state index contributed by atoms with van der Waals surface area (Å²) in [6.45, 7) is 2.76. The maximum absolute atomic E-state index is 12.2. The van der Waals surface area contributed by atoms with Crippen molar-refractivity contribution in [2.75, 3.05) is 6.61 Å². The molecule has 0 unspecified atom stereocenters. The Labute approximate surface area is 193 Å². The monoisotopic (exact) mass is 442 g/mol. The van der Waals surface area contributed by atoms with E-state index in [1.54, 1.807) is 54.6 Å². The Bertz CT molecular complexity index is 1090. The van der Waals surface area contributed by atoms with Crippen LogP contribution >= 0.6 is 0 Å². The van der Waals surface area contributed by atoms with E-state index < -0.39 is 5.97 Å². The van der Waals surface area contributed by atoms with Gasteiger partial charge in [-0.05, 0) is 72.2 Å². The first-order valence-corrected chi connectivity index (χ1v) is 10.8. The van der Waals surface area contributed by atoms with Crippen LogP contribution in [-0.4, -0.2) is 24.7 Å². The van der Waals surface area contributed by atoms with Crippen LogP contribution in [0.5, 0.6) is 11.5 Å². The molecule has 1 N–H and O–H groups in total. The minimum Gasteiger partial charge on any atom is -0.494 e. The van der Waals surface area contributed by atoms with Crippen molar-refractivity contribution in [3.8, 4) is 11.5 Å². The molecule has 33 heavy (non-hydrogen) atoms. The lowest BCUT2D eigenvalue weighted by atomic mass is 10.2. The summed E-state index contributed by atoms with van der Waals surface area (Å²) in [7, 11) is 0. The molecule has 0 radical (unpaired) electrons. The molecule has 6 heteroatoms. The summed E-state index contributed by atoms with van der Waals surface area (Å²) in [6.07, 6.45) is 6.65. The largest absolute Gasteiger partial charge is 0.494 e. The fraction of sp³-hybridized carbons (Fsp3) is 0.148. The number of unbranched alkanes of at least 4 members (excludes halogenated alkanes) is 1. The van der Waals surface area contributed by atoms with Crippen molar-refractivity contribution in [2.24, 2.45) is 5.10 Å². The summed E-state index contributed by atoms with van der Waals surface area (Å²) in [5.41, 5.74) is 4.64. The van der Waals surface area contributed by atoms with Gasteiger partial charge < -0.3 is 9.47 Å². The van der Waals surface area contributed by atoms with Gasteiger partial charge in [-0.25, -0.2) is 10.2 Å². The molecule has 0 heterocycles. The molecule has 0 aliphatic heterocycles. The van der Waals surface area contributed by atoms with Crippen LogP contribution in [0.2, 0.25) is 0 Å². The minimum atomic E-state index is -0.464. The van der Waals surface area contributed by atoms with Crippen LogP contribution in [-0.2, 0) is 4.79 Å². The number of carbonyl (C=O) groups is 2. The predicted octanol–water partition coefficient (Wildman–Crippen LogP) is 5.25. The Hall–Kier alpha value is -4.19. The van der Waals surface area contributed by atoms with E-state index in [0.717, 1.165) is 29.7 Å². The Morgan fingerprint density at radius 2 is 1.58 bits per heavy atom. The van der Waals surface area contributed by atoms with Gasteiger partial charge in [-0.3, -0.25) is 4.79 Å². The number of carbonyl (C=O) groups excluding carboxylic acids is 2. The molecule has 0 aromatic heterocycles. The molecular formula is C27H26N2O4. The van der Waals surface area contributed by atoms with E-state index in [2.05, 4.69) is 17.5 Å². The van der Waals surface area contributed by atoms with Gasteiger partial charge in [0.25, 0.3) is 5.91 Å². The normalized spacial score (nSPS) is 10.9. The highest BCUT2D eigenvalue weighted by Gasteiger charge is 2.05. The van der Waals surface area contributed by atoms with E-state index in [4.69, 9.17) is 9.47 Å². The highest BCUT2D eigenvalue weighted by atomic mass is 16.5. The predicted molar refractivity (Wildman–Crippen MR) is 129 cm³/mol. The molecule has 168 valence electrons. The number of hydrazone groups is 1. The smallest absolute Gasteiger partial charge is 0.336 e. The van der Waals surface area contributed by atoms with E-state index in [0.29, 0.717) is 17.9 Å². The van der Waals surface area contributed by atoms with Crippen molar-refractivity contribution in [3.63, 3.8) is 0 Å². The van der Waals surface area contributed by atoms with E-state index in [1.807, 2.05) is 30.3 Å². The van der Waals surface area contributed by atoms with Gasteiger partial charge in [-0.1, -0.05) is 43.7 Å². The number of benzene rings is 3. The number of nitrogens with one attached hydrogen (secondary N) is 1. The van der Waals surface area contributed by atoms with Crippen LogP contribution < -0.4 is 14.9 Å². The summed E-state index contributed by atoms with van der Waals surface area (Å²) in [5, 5.41) is 3.98. The molecule has 3 aromatic carbocycles. The van der Waals surface area contributed by atoms with E-state index in [1.165, 1.54) is 12.3 Å². The minimum absolute atomic E-state index is 0.317. The number of rotatable bonds is 10. The van der Waals surface area contributed by atoms with Gasteiger partial charge in [0.2, 0.25) is 0 Å². The highest BCUT2D eigenvalue weighted by Crippen LogP contribution is 2.14. The lowest BCUT2D eigenvalue weighted by Crippen LogP contribution is -2.17. The molecule has 0 saturated heterocycles. The quantitative estimate of drug-likeness (QED) is 0.116. The molecule has 0 saturated carbocycles. The van der Waals surface area contributed by atoms with Crippen LogP contribution in [0.15, 0.2) is 90.0 Å². The molecular weight excluding hydrogens is 416 g/mol. The topological polar surface area (TPSA) is 77.0 Å². The SMILES string of the molecule is CCCCOc1ccc(C(=O)NN=Cc2ccc(OC(=O)C=Cc3ccccc3)cc2)cc1. The molecule has 0 atom stereocenters. The second-order valence-corrected chi connectivity index (χ2v) is 7.16. The summed E-state index contributed by atoms with van der Waals surface area (Å²) in [6, 6.07) is 23.2. The number of esters is 1. The average Bonchev–Trinajstić information content (AvgIpc) is 2.85. The molecule has 0 spiro atoms. The average molecular weight is 443 g/mol. The Balaban J connectivity index is 1.46. The molecule has 3 aromatic rings. The number of hydrogen-bond acceptors (Lipinski definition) is 5. The number of amides is 1. The van der Waals surface area contributed by atoms with Crippen molar-refractivity contribution < 1.29 is 19.1 Å². The van der Waals surface area contributed by atoms with Gasteiger partial charge in [-0.15, -0.1) is 0 Å². The maximum atomic E-state index is 12.2. The fourth-order valence-electron chi connectivity index (χ4n) is 2.77. The summed E-state index contributed by atoms with van der Waals surface area (Å²) >= 11 is 0. The zero-order valence-corrected chi connectivity index (χ0v) is 18.4. The van der Waals surface area contributed by atoms with Gasteiger partial charge in [-0.2, -0.15) is 5.10 Å². The molecule has 0 fully saturated rings. The van der Waals surface area contributed by atoms with Gasteiger partial charge >= 0.3 is 5.97 Å². The molecule has 0 aliphatic rings. The third-order valence-electron chi connectivity index (χ3n) is 4.57. The fourth-order valence-corrected chi connectivity index (χ4v) is 2.77. The zero-order chi connectivity index (χ0) is 23.3.